The molecule has 0 bridgehead atoms. The third-order valence-electron chi connectivity index (χ3n) is 5.16. The number of halogens is 3. The van der Waals surface area contributed by atoms with Crippen molar-refractivity contribution in [1.29, 1.82) is 0 Å². The maximum Gasteiger partial charge on any atom is 0.307 e. The van der Waals surface area contributed by atoms with Gasteiger partial charge in [0.05, 0.1) is 5.02 Å². The Morgan fingerprint density at radius 3 is 2.71 bits per heavy atom. The van der Waals surface area contributed by atoms with Crippen molar-refractivity contribution in [1.82, 2.24) is 4.98 Å². The Bertz CT molecular complexity index is 1210. The van der Waals surface area contributed by atoms with Crippen molar-refractivity contribution in [3.05, 3.63) is 88.7 Å². The standard InChI is InChI=1S/C24H21ClF2N4O3/c1-14(15-5-3-2-4-6-15)34-20-10-8-17(30-22(32)19-9-7-16(25)12-29-19)11-18(20)21-24(26,27)13-33-23(28)31-21/h2-12,14,21H,13H2,1H3,(H2,28,31)(H,30,32). The molecule has 2 heterocycles. The number of hydrogen-bond acceptors (Lipinski definition) is 6. The molecule has 1 amide bonds. The fourth-order valence-corrected chi connectivity index (χ4v) is 3.55. The lowest BCUT2D eigenvalue weighted by Gasteiger charge is -2.30. The van der Waals surface area contributed by atoms with E-state index in [0.717, 1.165) is 5.56 Å². The average molecular weight is 487 g/mol. The van der Waals surface area contributed by atoms with Gasteiger partial charge in [-0.25, -0.2) is 18.8 Å². The summed E-state index contributed by atoms with van der Waals surface area (Å²) in [5.74, 6) is -3.70. The highest BCUT2D eigenvalue weighted by Gasteiger charge is 2.46. The molecule has 0 saturated carbocycles. The number of nitrogens with one attached hydrogen (secondary N) is 1. The largest absolute Gasteiger partial charge is 0.486 e. The molecular formula is C24H21ClF2N4O3. The Morgan fingerprint density at radius 1 is 1.24 bits per heavy atom. The van der Waals surface area contributed by atoms with E-state index in [1.807, 2.05) is 30.3 Å². The topological polar surface area (TPSA) is 98.8 Å². The molecule has 1 aliphatic rings. The highest BCUT2D eigenvalue weighted by atomic mass is 35.5. The van der Waals surface area contributed by atoms with Crippen molar-refractivity contribution in [2.24, 2.45) is 10.7 Å². The molecule has 0 saturated heterocycles. The van der Waals surface area contributed by atoms with Crippen molar-refractivity contribution >= 4 is 29.2 Å². The molecule has 2 unspecified atom stereocenters. The summed E-state index contributed by atoms with van der Waals surface area (Å²) in [6, 6.07) is 14.7. The van der Waals surface area contributed by atoms with Crippen LogP contribution in [0.25, 0.3) is 0 Å². The quantitative estimate of drug-likeness (QED) is 0.502. The number of pyridine rings is 1. The zero-order chi connectivity index (χ0) is 24.3. The number of rotatable bonds is 6. The van der Waals surface area contributed by atoms with Crippen LogP contribution < -0.4 is 15.8 Å². The molecule has 2 aromatic carbocycles. The molecule has 176 valence electrons. The minimum atomic E-state index is -3.35. The van der Waals surface area contributed by atoms with E-state index in [4.69, 9.17) is 26.8 Å². The molecule has 1 aromatic heterocycles. The first-order valence-corrected chi connectivity index (χ1v) is 10.7. The number of aromatic nitrogens is 1. The van der Waals surface area contributed by atoms with Crippen LogP contribution in [0.3, 0.4) is 0 Å². The van der Waals surface area contributed by atoms with Gasteiger partial charge >= 0.3 is 5.92 Å². The third-order valence-corrected chi connectivity index (χ3v) is 5.39. The molecule has 0 spiro atoms. The van der Waals surface area contributed by atoms with Gasteiger partial charge in [0.1, 0.15) is 17.5 Å². The molecule has 10 heteroatoms. The van der Waals surface area contributed by atoms with Gasteiger partial charge in [-0.2, -0.15) is 0 Å². The van der Waals surface area contributed by atoms with Gasteiger partial charge in [0.25, 0.3) is 11.9 Å². The van der Waals surface area contributed by atoms with Crippen LogP contribution in [0.2, 0.25) is 5.02 Å². The molecule has 0 fully saturated rings. The van der Waals surface area contributed by atoms with E-state index in [9.17, 15) is 13.6 Å². The summed E-state index contributed by atoms with van der Waals surface area (Å²) in [5, 5.41) is 3.03. The van der Waals surface area contributed by atoms with Crippen LogP contribution in [-0.4, -0.2) is 29.4 Å². The maximum absolute atomic E-state index is 14.8. The second kappa shape index (κ2) is 9.64. The summed E-state index contributed by atoms with van der Waals surface area (Å²) in [5.41, 5.74) is 6.89. The van der Waals surface area contributed by atoms with E-state index in [2.05, 4.69) is 15.3 Å². The van der Waals surface area contributed by atoms with Crippen LogP contribution in [0.1, 0.15) is 40.7 Å². The summed E-state index contributed by atoms with van der Waals surface area (Å²) in [7, 11) is 0. The van der Waals surface area contributed by atoms with Gasteiger partial charge in [-0.1, -0.05) is 41.9 Å². The van der Waals surface area contributed by atoms with Gasteiger partial charge in [-0.3, -0.25) is 4.79 Å². The molecule has 1 aliphatic heterocycles. The molecule has 7 nitrogen and oxygen atoms in total. The van der Waals surface area contributed by atoms with E-state index in [1.165, 1.54) is 30.5 Å². The summed E-state index contributed by atoms with van der Waals surface area (Å²) in [4.78, 5) is 20.4. The number of ether oxygens (including phenoxy) is 2. The SMILES string of the molecule is CC(Oc1ccc(NC(=O)c2ccc(Cl)cn2)cc1C1N=C(N)OCC1(F)F)c1ccccc1. The number of nitrogens with two attached hydrogens (primary N) is 1. The first kappa shape index (κ1) is 23.4. The number of carbonyl (C=O) groups is 1. The Labute approximate surface area is 199 Å². The molecule has 0 radical (unpaired) electrons. The predicted octanol–water partition coefficient (Wildman–Crippen LogP) is 5.15. The van der Waals surface area contributed by atoms with Gasteiger partial charge in [0, 0.05) is 17.4 Å². The lowest BCUT2D eigenvalue weighted by atomic mass is 9.98. The minimum Gasteiger partial charge on any atom is -0.486 e. The van der Waals surface area contributed by atoms with Crippen molar-refractivity contribution in [3.63, 3.8) is 0 Å². The average Bonchev–Trinajstić information content (AvgIpc) is 2.82. The number of carbonyl (C=O) groups excluding carboxylic acids is 1. The summed E-state index contributed by atoms with van der Waals surface area (Å²) in [6.45, 7) is 0.882. The van der Waals surface area contributed by atoms with Crippen LogP contribution in [0.4, 0.5) is 14.5 Å². The number of nitrogens with zero attached hydrogens (tertiary/aromatic N) is 2. The number of amides is 1. The Kier molecular flexibility index (Phi) is 6.65. The van der Waals surface area contributed by atoms with Crippen LogP contribution >= 0.6 is 11.6 Å². The highest BCUT2D eigenvalue weighted by Crippen LogP contribution is 2.43. The number of aliphatic imine (C=N–C) groups is 1. The molecule has 4 rings (SSSR count). The molecule has 0 aliphatic carbocycles. The second-order valence-corrected chi connectivity index (χ2v) is 8.10. The van der Waals surface area contributed by atoms with E-state index < -0.39 is 30.6 Å². The van der Waals surface area contributed by atoms with E-state index >= 15 is 0 Å². The zero-order valence-corrected chi connectivity index (χ0v) is 18.8. The van der Waals surface area contributed by atoms with E-state index in [-0.39, 0.29) is 28.7 Å². The molecule has 3 N–H and O–H groups in total. The zero-order valence-electron chi connectivity index (χ0n) is 18.0. The van der Waals surface area contributed by atoms with Gasteiger partial charge in [-0.15, -0.1) is 0 Å². The van der Waals surface area contributed by atoms with E-state index in [1.54, 1.807) is 13.0 Å². The second-order valence-electron chi connectivity index (χ2n) is 7.66. The summed E-state index contributed by atoms with van der Waals surface area (Å²) < 4.78 is 40.4. The lowest BCUT2D eigenvalue weighted by molar-refractivity contribution is -0.0787. The molecule has 34 heavy (non-hydrogen) atoms. The van der Waals surface area contributed by atoms with Crippen LogP contribution in [0.15, 0.2) is 71.9 Å². The molecule has 2 atom stereocenters. The van der Waals surface area contributed by atoms with Crippen LogP contribution in [0, 0.1) is 0 Å². The number of hydrogen-bond donors (Lipinski definition) is 2. The number of amidine groups is 1. The van der Waals surface area contributed by atoms with E-state index in [0.29, 0.717) is 5.02 Å². The third kappa shape index (κ3) is 5.26. The Hall–Kier alpha value is -3.72. The number of anilines is 1. The fourth-order valence-electron chi connectivity index (χ4n) is 3.44. The molecular weight excluding hydrogens is 466 g/mol. The molecule has 3 aromatic rings. The first-order valence-electron chi connectivity index (χ1n) is 10.4. The summed E-state index contributed by atoms with van der Waals surface area (Å²) in [6.07, 6.45) is 0.901. The number of benzene rings is 2. The van der Waals surface area contributed by atoms with Crippen molar-refractivity contribution in [2.75, 3.05) is 11.9 Å². The van der Waals surface area contributed by atoms with Crippen molar-refractivity contribution in [3.8, 4) is 5.75 Å². The fraction of sp³-hybridized carbons (Fsp3) is 0.208. The van der Waals surface area contributed by atoms with Gasteiger partial charge in [0.2, 0.25) is 0 Å². The van der Waals surface area contributed by atoms with Gasteiger partial charge in [0.15, 0.2) is 12.6 Å². The first-order chi connectivity index (χ1) is 16.2. The monoisotopic (exact) mass is 486 g/mol. The van der Waals surface area contributed by atoms with Gasteiger partial charge < -0.3 is 20.5 Å². The minimum absolute atomic E-state index is 0.0564. The Morgan fingerprint density at radius 2 is 2.00 bits per heavy atom. The normalized spacial score (nSPS) is 17.8. The Balaban J connectivity index is 1.69. The lowest BCUT2D eigenvalue weighted by Crippen LogP contribution is -2.39. The number of alkyl halides is 2. The maximum atomic E-state index is 14.8. The van der Waals surface area contributed by atoms with Crippen LogP contribution in [0.5, 0.6) is 5.75 Å². The highest BCUT2D eigenvalue weighted by molar-refractivity contribution is 6.30. The smallest absolute Gasteiger partial charge is 0.307 e. The van der Waals surface area contributed by atoms with Gasteiger partial charge in [-0.05, 0) is 42.8 Å². The predicted molar refractivity (Wildman–Crippen MR) is 124 cm³/mol. The summed E-state index contributed by atoms with van der Waals surface area (Å²) >= 11 is 5.81. The van der Waals surface area contributed by atoms with Crippen molar-refractivity contribution < 1.29 is 23.0 Å². The van der Waals surface area contributed by atoms with Crippen LogP contribution in [-0.2, 0) is 4.74 Å². The van der Waals surface area contributed by atoms with Crippen molar-refractivity contribution in [2.45, 2.75) is 25.0 Å².